The molecule has 0 radical (unpaired) electrons. The monoisotopic (exact) mass is 375 g/mol. The highest BCUT2D eigenvalue weighted by atomic mass is 32.2. The van der Waals surface area contributed by atoms with Gasteiger partial charge in [0.1, 0.15) is 5.75 Å². The number of nitrogens with zero attached hydrogens (tertiary/aromatic N) is 2. The standard InChI is InChI=1S/C19H25N3O3S/c1-13-7-9-15(10-8-13)24-11-18-21-22-19(25-18)26-12-17(23)20-16-6-4-3-5-14(16)2/h7-10,14,16H,3-6,11-12H2,1-2H3,(H,20,23)/t14-,16-/m1/s1. The van der Waals surface area contributed by atoms with Crippen LogP contribution in [-0.2, 0) is 11.4 Å². The fraction of sp³-hybridized carbons (Fsp3) is 0.526. The van der Waals surface area contributed by atoms with Crippen LogP contribution >= 0.6 is 11.8 Å². The van der Waals surface area contributed by atoms with Crippen molar-refractivity contribution in [1.82, 2.24) is 15.5 Å². The number of aryl methyl sites for hydroxylation is 1. The molecule has 1 aromatic carbocycles. The van der Waals surface area contributed by atoms with Crippen molar-refractivity contribution in [2.75, 3.05) is 5.75 Å². The van der Waals surface area contributed by atoms with Gasteiger partial charge in [0, 0.05) is 6.04 Å². The van der Waals surface area contributed by atoms with Crippen LogP contribution in [0.2, 0.25) is 0 Å². The third-order valence-corrected chi connectivity index (χ3v) is 5.43. The van der Waals surface area contributed by atoms with Crippen LogP contribution < -0.4 is 10.1 Å². The summed E-state index contributed by atoms with van der Waals surface area (Å²) in [6.07, 6.45) is 4.71. The Bertz CT molecular complexity index is 717. The Kier molecular flexibility index (Phi) is 6.55. The second-order valence-electron chi connectivity index (χ2n) is 6.79. The molecular formula is C19H25N3O3S. The smallest absolute Gasteiger partial charge is 0.277 e. The van der Waals surface area contributed by atoms with Crippen molar-refractivity contribution in [1.29, 1.82) is 0 Å². The zero-order chi connectivity index (χ0) is 18.4. The van der Waals surface area contributed by atoms with Crippen LogP contribution in [0.5, 0.6) is 5.75 Å². The maximum Gasteiger partial charge on any atom is 0.277 e. The molecule has 1 heterocycles. The number of ether oxygens (including phenoxy) is 1. The van der Waals surface area contributed by atoms with Crippen LogP contribution in [-0.4, -0.2) is 27.9 Å². The number of hydrogen-bond donors (Lipinski definition) is 1. The number of amides is 1. The van der Waals surface area contributed by atoms with Gasteiger partial charge in [0.15, 0.2) is 6.61 Å². The lowest BCUT2D eigenvalue weighted by molar-refractivity contribution is -0.119. The first-order valence-corrected chi connectivity index (χ1v) is 10.0. The van der Waals surface area contributed by atoms with E-state index in [1.54, 1.807) is 0 Å². The van der Waals surface area contributed by atoms with Crippen molar-refractivity contribution in [2.45, 2.75) is 57.4 Å². The lowest BCUT2D eigenvalue weighted by atomic mass is 9.86. The largest absolute Gasteiger partial charge is 0.484 e. The minimum Gasteiger partial charge on any atom is -0.484 e. The molecule has 3 rings (SSSR count). The Balaban J connectivity index is 1.41. The third-order valence-electron chi connectivity index (χ3n) is 4.62. The average Bonchev–Trinajstić information content (AvgIpc) is 3.09. The summed E-state index contributed by atoms with van der Waals surface area (Å²) in [5.41, 5.74) is 1.18. The van der Waals surface area contributed by atoms with E-state index in [2.05, 4.69) is 22.4 Å². The molecule has 1 amide bonds. The molecule has 2 atom stereocenters. The summed E-state index contributed by atoms with van der Waals surface area (Å²) in [7, 11) is 0. The van der Waals surface area contributed by atoms with Crippen LogP contribution in [0, 0.1) is 12.8 Å². The summed E-state index contributed by atoms with van der Waals surface area (Å²) in [5.74, 6) is 2.00. The van der Waals surface area contributed by atoms with E-state index < -0.39 is 0 Å². The minimum absolute atomic E-state index is 0.0180. The van der Waals surface area contributed by atoms with Crippen molar-refractivity contribution in [3.05, 3.63) is 35.7 Å². The highest BCUT2D eigenvalue weighted by Crippen LogP contribution is 2.24. The van der Waals surface area contributed by atoms with Gasteiger partial charge in [-0.25, -0.2) is 0 Å². The third kappa shape index (κ3) is 5.49. The predicted octanol–water partition coefficient (Wildman–Crippen LogP) is 3.74. The number of aromatic nitrogens is 2. The van der Waals surface area contributed by atoms with Gasteiger partial charge in [-0.2, -0.15) is 0 Å². The zero-order valence-corrected chi connectivity index (χ0v) is 16.1. The average molecular weight is 375 g/mol. The second-order valence-corrected chi connectivity index (χ2v) is 7.71. The number of carbonyl (C=O) groups is 1. The van der Waals surface area contributed by atoms with Crippen molar-refractivity contribution in [3.8, 4) is 5.75 Å². The fourth-order valence-electron chi connectivity index (χ4n) is 3.04. The van der Waals surface area contributed by atoms with Crippen LogP contribution in [0.15, 0.2) is 33.9 Å². The Labute approximate surface area is 158 Å². The van der Waals surface area contributed by atoms with Gasteiger partial charge in [-0.05, 0) is 37.8 Å². The van der Waals surface area contributed by atoms with E-state index in [-0.39, 0.29) is 24.3 Å². The molecule has 2 aromatic rings. The van der Waals surface area contributed by atoms with Gasteiger partial charge < -0.3 is 14.5 Å². The van der Waals surface area contributed by atoms with Gasteiger partial charge >= 0.3 is 0 Å². The van der Waals surface area contributed by atoms with Crippen molar-refractivity contribution >= 4 is 17.7 Å². The molecule has 140 valence electrons. The molecule has 0 saturated heterocycles. The molecule has 1 fully saturated rings. The summed E-state index contributed by atoms with van der Waals surface area (Å²) in [5, 5.41) is 11.4. The van der Waals surface area contributed by atoms with E-state index in [0.717, 1.165) is 12.2 Å². The molecule has 7 heteroatoms. The quantitative estimate of drug-likeness (QED) is 0.743. The van der Waals surface area contributed by atoms with Gasteiger partial charge in [0.25, 0.3) is 11.1 Å². The van der Waals surface area contributed by atoms with Crippen LogP contribution in [0.25, 0.3) is 0 Å². The van der Waals surface area contributed by atoms with Crippen molar-refractivity contribution in [3.63, 3.8) is 0 Å². The normalized spacial score (nSPS) is 19.9. The summed E-state index contributed by atoms with van der Waals surface area (Å²) >= 11 is 1.25. The van der Waals surface area contributed by atoms with Crippen molar-refractivity contribution in [2.24, 2.45) is 5.92 Å². The topological polar surface area (TPSA) is 77.2 Å². The Morgan fingerprint density at radius 2 is 2.04 bits per heavy atom. The maximum absolute atomic E-state index is 12.1. The molecule has 1 aliphatic carbocycles. The van der Waals surface area contributed by atoms with Gasteiger partial charge in [-0.3, -0.25) is 4.79 Å². The van der Waals surface area contributed by atoms with Gasteiger partial charge in [0.2, 0.25) is 5.91 Å². The number of carbonyl (C=O) groups excluding carboxylic acids is 1. The van der Waals surface area contributed by atoms with E-state index in [0.29, 0.717) is 17.0 Å². The molecule has 26 heavy (non-hydrogen) atoms. The number of hydrogen-bond acceptors (Lipinski definition) is 6. The zero-order valence-electron chi connectivity index (χ0n) is 15.2. The molecule has 0 bridgehead atoms. The summed E-state index contributed by atoms with van der Waals surface area (Å²) in [4.78, 5) is 12.1. The van der Waals surface area contributed by atoms with Gasteiger partial charge in [-0.15, -0.1) is 10.2 Å². The molecule has 6 nitrogen and oxygen atoms in total. The predicted molar refractivity (Wildman–Crippen MR) is 100 cm³/mol. The van der Waals surface area contributed by atoms with E-state index in [4.69, 9.17) is 9.15 Å². The van der Waals surface area contributed by atoms with Crippen molar-refractivity contribution < 1.29 is 13.9 Å². The molecule has 1 aromatic heterocycles. The van der Waals surface area contributed by atoms with E-state index in [9.17, 15) is 4.79 Å². The fourth-order valence-corrected chi connectivity index (χ4v) is 3.63. The summed E-state index contributed by atoms with van der Waals surface area (Å²) < 4.78 is 11.1. The lowest BCUT2D eigenvalue weighted by Gasteiger charge is -2.29. The van der Waals surface area contributed by atoms with Crippen LogP contribution in [0.1, 0.15) is 44.1 Å². The Morgan fingerprint density at radius 3 is 2.81 bits per heavy atom. The van der Waals surface area contributed by atoms with E-state index in [1.807, 2.05) is 31.2 Å². The van der Waals surface area contributed by atoms with Crippen LogP contribution in [0.4, 0.5) is 0 Å². The first-order valence-electron chi connectivity index (χ1n) is 9.04. The number of rotatable bonds is 7. The molecular weight excluding hydrogens is 350 g/mol. The van der Waals surface area contributed by atoms with Crippen LogP contribution in [0.3, 0.4) is 0 Å². The molecule has 0 spiro atoms. The minimum atomic E-state index is 0.0180. The highest BCUT2D eigenvalue weighted by Gasteiger charge is 2.23. The SMILES string of the molecule is Cc1ccc(OCc2nnc(SCC(=O)N[C@@H]3CCCC[C@H]3C)o2)cc1. The number of benzene rings is 1. The molecule has 0 unspecified atom stereocenters. The first kappa shape index (κ1) is 18.8. The number of thioether (sulfide) groups is 1. The Morgan fingerprint density at radius 1 is 1.27 bits per heavy atom. The second kappa shape index (κ2) is 9.07. The summed E-state index contributed by atoms with van der Waals surface area (Å²) in [6, 6.07) is 8.06. The molecule has 0 aliphatic heterocycles. The maximum atomic E-state index is 12.1. The lowest BCUT2D eigenvalue weighted by Crippen LogP contribution is -2.41. The van der Waals surface area contributed by atoms with E-state index >= 15 is 0 Å². The molecule has 1 aliphatic rings. The molecule has 1 N–H and O–H groups in total. The summed E-state index contributed by atoms with van der Waals surface area (Å²) in [6.45, 7) is 4.44. The number of nitrogens with one attached hydrogen (secondary N) is 1. The van der Waals surface area contributed by atoms with Gasteiger partial charge in [-0.1, -0.05) is 49.2 Å². The molecule has 1 saturated carbocycles. The van der Waals surface area contributed by atoms with E-state index in [1.165, 1.54) is 36.6 Å². The first-order chi connectivity index (χ1) is 12.6. The Hall–Kier alpha value is -2.02. The van der Waals surface area contributed by atoms with Gasteiger partial charge in [0.05, 0.1) is 5.75 Å². The highest BCUT2D eigenvalue weighted by molar-refractivity contribution is 7.99.